The summed E-state index contributed by atoms with van der Waals surface area (Å²) in [6.45, 7) is 0.589. The molecule has 2 aromatic carbocycles. The molecule has 3 aromatic rings. The summed E-state index contributed by atoms with van der Waals surface area (Å²) in [7, 11) is 0. The van der Waals surface area contributed by atoms with Crippen LogP contribution in [0.1, 0.15) is 42.6 Å². The molecule has 1 aliphatic carbocycles. The van der Waals surface area contributed by atoms with Crippen molar-refractivity contribution in [3.8, 4) is 34.3 Å². The van der Waals surface area contributed by atoms with Crippen LogP contribution in [-0.4, -0.2) is 27.8 Å². The maximum Gasteiger partial charge on any atom is 0.273 e. The van der Waals surface area contributed by atoms with E-state index in [4.69, 9.17) is 9.26 Å². The van der Waals surface area contributed by atoms with Crippen LogP contribution in [0.2, 0.25) is 0 Å². The second-order valence-corrected chi connectivity index (χ2v) is 7.82. The maximum atomic E-state index is 12.5. The number of hydrogen-bond donors (Lipinski definition) is 3. The first kappa shape index (κ1) is 21.4. The van der Waals surface area contributed by atoms with Crippen molar-refractivity contribution < 1.29 is 24.3 Å². The molecule has 1 saturated carbocycles. The molecule has 0 bridgehead atoms. The van der Waals surface area contributed by atoms with E-state index in [1.165, 1.54) is 55.7 Å². The summed E-state index contributed by atoms with van der Waals surface area (Å²) in [6.07, 6.45) is 5.83. The standard InChI is InChI=1S/C23H23N3O6/c27-16-10-19(28)22(20(11-16)31-17-8-6-15(25-30)7-9-17)21-12-18(26-32-21)23(29)24-13-14-4-2-1-3-5-14/h6-12,14,27-28H,1-5,13H2,(H,24,29). The molecule has 1 amide bonds. The van der Waals surface area contributed by atoms with Crippen LogP contribution in [0.25, 0.3) is 11.3 Å². The molecule has 0 spiro atoms. The summed E-state index contributed by atoms with van der Waals surface area (Å²) in [5.41, 5.74) is 0.435. The molecule has 32 heavy (non-hydrogen) atoms. The first-order valence-corrected chi connectivity index (χ1v) is 10.5. The molecule has 166 valence electrons. The minimum Gasteiger partial charge on any atom is -0.508 e. The number of amides is 1. The van der Waals surface area contributed by atoms with Gasteiger partial charge < -0.3 is 24.8 Å². The molecule has 4 rings (SSSR count). The minimum atomic E-state index is -0.358. The van der Waals surface area contributed by atoms with E-state index in [1.807, 2.05) is 0 Å². The van der Waals surface area contributed by atoms with E-state index in [0.29, 0.717) is 18.2 Å². The van der Waals surface area contributed by atoms with Crippen LogP contribution in [0.4, 0.5) is 5.69 Å². The minimum absolute atomic E-state index is 0.0793. The summed E-state index contributed by atoms with van der Waals surface area (Å²) in [5, 5.41) is 29.9. The number of carbonyl (C=O) groups excluding carboxylic acids is 1. The third-order valence-corrected chi connectivity index (χ3v) is 5.50. The number of nitroso groups, excluding NO2 is 1. The van der Waals surface area contributed by atoms with Crippen LogP contribution in [0.3, 0.4) is 0 Å². The fourth-order valence-corrected chi connectivity index (χ4v) is 3.84. The van der Waals surface area contributed by atoms with Gasteiger partial charge in [0.2, 0.25) is 0 Å². The third-order valence-electron chi connectivity index (χ3n) is 5.50. The fraction of sp³-hybridized carbons (Fsp3) is 0.304. The van der Waals surface area contributed by atoms with Crippen molar-refractivity contribution >= 4 is 11.6 Å². The Labute approximate surface area is 184 Å². The van der Waals surface area contributed by atoms with Gasteiger partial charge in [-0.3, -0.25) is 4.79 Å². The van der Waals surface area contributed by atoms with Crippen LogP contribution in [0, 0.1) is 10.8 Å². The summed E-state index contributed by atoms with van der Waals surface area (Å²) < 4.78 is 11.1. The van der Waals surface area contributed by atoms with Crippen molar-refractivity contribution in [1.29, 1.82) is 0 Å². The van der Waals surface area contributed by atoms with Crippen molar-refractivity contribution in [3.63, 3.8) is 0 Å². The quantitative estimate of drug-likeness (QED) is 0.430. The first-order chi connectivity index (χ1) is 15.5. The van der Waals surface area contributed by atoms with E-state index < -0.39 is 0 Å². The SMILES string of the molecule is O=Nc1ccc(Oc2cc(O)cc(O)c2-c2cc(C(=O)NCC3CCCCC3)no2)cc1. The summed E-state index contributed by atoms with van der Waals surface area (Å²) in [5.74, 6) is 0.109. The highest BCUT2D eigenvalue weighted by Gasteiger charge is 2.22. The summed E-state index contributed by atoms with van der Waals surface area (Å²) in [4.78, 5) is 23.1. The van der Waals surface area contributed by atoms with Crippen LogP contribution in [0.15, 0.2) is 52.2 Å². The van der Waals surface area contributed by atoms with Gasteiger partial charge >= 0.3 is 0 Å². The molecule has 1 aromatic heterocycles. The number of rotatable bonds is 7. The van der Waals surface area contributed by atoms with Crippen molar-refractivity contribution in [1.82, 2.24) is 10.5 Å². The van der Waals surface area contributed by atoms with Gasteiger partial charge in [-0.05, 0) is 48.2 Å². The second kappa shape index (κ2) is 9.51. The Morgan fingerprint density at radius 2 is 1.88 bits per heavy atom. The molecule has 0 saturated heterocycles. The summed E-state index contributed by atoms with van der Waals surface area (Å²) >= 11 is 0. The van der Waals surface area contributed by atoms with Gasteiger partial charge in [0.1, 0.15) is 34.2 Å². The number of phenolic OH excluding ortho intramolecular Hbond substituents is 2. The highest BCUT2D eigenvalue weighted by molar-refractivity contribution is 5.93. The van der Waals surface area contributed by atoms with Crippen molar-refractivity contribution in [2.24, 2.45) is 11.1 Å². The zero-order valence-corrected chi connectivity index (χ0v) is 17.3. The Balaban J connectivity index is 1.54. The number of carbonyl (C=O) groups is 1. The normalized spacial score (nSPS) is 14.1. The van der Waals surface area contributed by atoms with Gasteiger partial charge in [-0.15, -0.1) is 4.91 Å². The molecule has 9 nitrogen and oxygen atoms in total. The Morgan fingerprint density at radius 1 is 1.12 bits per heavy atom. The molecule has 0 unspecified atom stereocenters. The molecular weight excluding hydrogens is 414 g/mol. The first-order valence-electron chi connectivity index (χ1n) is 10.5. The van der Waals surface area contributed by atoms with Gasteiger partial charge in [-0.1, -0.05) is 24.4 Å². The van der Waals surface area contributed by atoms with Crippen LogP contribution in [-0.2, 0) is 0 Å². The Hall–Kier alpha value is -3.88. The fourth-order valence-electron chi connectivity index (χ4n) is 3.84. The van der Waals surface area contributed by atoms with Crippen LogP contribution in [0.5, 0.6) is 23.0 Å². The van der Waals surface area contributed by atoms with Gasteiger partial charge in [0.05, 0.1) is 0 Å². The predicted octanol–water partition coefficient (Wildman–Crippen LogP) is 5.25. The zero-order chi connectivity index (χ0) is 22.5. The number of ether oxygens (including phenoxy) is 1. The topological polar surface area (TPSA) is 134 Å². The molecule has 1 fully saturated rings. The highest BCUT2D eigenvalue weighted by Crippen LogP contribution is 2.43. The lowest BCUT2D eigenvalue weighted by atomic mass is 9.89. The molecule has 1 heterocycles. The largest absolute Gasteiger partial charge is 0.508 e. The number of phenols is 2. The number of benzene rings is 2. The Morgan fingerprint density at radius 3 is 2.59 bits per heavy atom. The number of nitrogens with zero attached hydrogens (tertiary/aromatic N) is 2. The molecular formula is C23H23N3O6. The Kier molecular flexibility index (Phi) is 6.34. The predicted molar refractivity (Wildman–Crippen MR) is 116 cm³/mol. The monoisotopic (exact) mass is 437 g/mol. The number of hydrogen-bond acceptors (Lipinski definition) is 8. The van der Waals surface area contributed by atoms with Crippen LogP contribution < -0.4 is 10.1 Å². The smallest absolute Gasteiger partial charge is 0.273 e. The van der Waals surface area contributed by atoms with Crippen molar-refractivity contribution in [2.75, 3.05) is 6.54 Å². The van der Waals surface area contributed by atoms with E-state index in [0.717, 1.165) is 18.9 Å². The number of aromatic nitrogens is 1. The van der Waals surface area contributed by atoms with Crippen molar-refractivity contribution in [2.45, 2.75) is 32.1 Å². The average molecular weight is 437 g/mol. The number of nitrogens with one attached hydrogen (secondary N) is 1. The van der Waals surface area contributed by atoms with Gasteiger partial charge in [-0.2, -0.15) is 0 Å². The Bertz CT molecular complexity index is 1100. The van der Waals surface area contributed by atoms with E-state index in [-0.39, 0.29) is 45.9 Å². The highest BCUT2D eigenvalue weighted by atomic mass is 16.5. The van der Waals surface area contributed by atoms with E-state index in [9.17, 15) is 19.9 Å². The molecule has 3 N–H and O–H groups in total. The third kappa shape index (κ3) is 4.88. The van der Waals surface area contributed by atoms with Gasteiger partial charge in [0, 0.05) is 24.7 Å². The second-order valence-electron chi connectivity index (χ2n) is 7.82. The molecule has 1 aliphatic rings. The summed E-state index contributed by atoms with van der Waals surface area (Å²) in [6, 6.07) is 9.81. The molecule has 0 radical (unpaired) electrons. The van der Waals surface area contributed by atoms with E-state index >= 15 is 0 Å². The van der Waals surface area contributed by atoms with Crippen molar-refractivity contribution in [3.05, 3.63) is 53.1 Å². The molecule has 9 heteroatoms. The van der Waals surface area contributed by atoms with E-state index in [1.54, 1.807) is 0 Å². The lowest BCUT2D eigenvalue weighted by molar-refractivity contribution is 0.0934. The maximum absolute atomic E-state index is 12.5. The average Bonchev–Trinajstić information content (AvgIpc) is 3.28. The van der Waals surface area contributed by atoms with E-state index in [2.05, 4.69) is 15.7 Å². The molecule has 0 atom stereocenters. The van der Waals surface area contributed by atoms with Crippen LogP contribution >= 0.6 is 0 Å². The number of aromatic hydroxyl groups is 2. The lowest BCUT2D eigenvalue weighted by Gasteiger charge is -2.21. The van der Waals surface area contributed by atoms with Gasteiger partial charge in [0.15, 0.2) is 11.5 Å². The van der Waals surface area contributed by atoms with Gasteiger partial charge in [-0.25, -0.2) is 0 Å². The molecule has 0 aliphatic heterocycles. The zero-order valence-electron chi connectivity index (χ0n) is 17.3. The van der Waals surface area contributed by atoms with Gasteiger partial charge in [0.25, 0.3) is 5.91 Å². The lowest BCUT2D eigenvalue weighted by Crippen LogP contribution is -2.30.